The van der Waals surface area contributed by atoms with E-state index in [0.717, 1.165) is 11.1 Å². The first-order valence-corrected chi connectivity index (χ1v) is 9.26. The third-order valence-corrected chi connectivity index (χ3v) is 4.92. The molecule has 0 aliphatic rings. The first kappa shape index (κ1) is 18.9. The smallest absolute Gasteiger partial charge is 0.332 e. The van der Waals surface area contributed by atoms with E-state index < -0.39 is 11.2 Å². The van der Waals surface area contributed by atoms with Gasteiger partial charge in [-0.1, -0.05) is 29.8 Å². The number of rotatable bonds is 5. The van der Waals surface area contributed by atoms with Crippen LogP contribution in [-0.2, 0) is 27.2 Å². The van der Waals surface area contributed by atoms with Gasteiger partial charge in [-0.15, -0.1) is 0 Å². The van der Waals surface area contributed by atoms with E-state index in [0.29, 0.717) is 10.5 Å². The van der Waals surface area contributed by atoms with Crippen molar-refractivity contribution in [2.24, 2.45) is 14.1 Å². The van der Waals surface area contributed by atoms with Crippen LogP contribution < -0.4 is 16.0 Å². The fraction of sp³-hybridized carbons (Fsp3) is 0.200. The summed E-state index contributed by atoms with van der Waals surface area (Å²) in [5, 5.41) is 0.639. The minimum absolute atomic E-state index is 0.126. The second kappa shape index (κ2) is 7.56. The number of aryl methyl sites for hydroxylation is 2. The number of hydrogen-bond donors (Lipinski definition) is 0. The number of ether oxygens (including phenoxy) is 1. The van der Waals surface area contributed by atoms with Gasteiger partial charge >= 0.3 is 5.69 Å². The molecule has 0 fully saturated rings. The van der Waals surface area contributed by atoms with Crippen LogP contribution in [0.5, 0.6) is 6.01 Å². The van der Waals surface area contributed by atoms with Crippen LogP contribution in [0.1, 0.15) is 11.1 Å². The predicted octanol–water partition coefficient (Wildman–Crippen LogP) is 2.11. The lowest BCUT2D eigenvalue weighted by Crippen LogP contribution is -2.39. The maximum absolute atomic E-state index is 13.0. The van der Waals surface area contributed by atoms with Crippen LogP contribution in [0.2, 0.25) is 5.02 Å². The van der Waals surface area contributed by atoms with E-state index in [1.165, 1.54) is 9.13 Å². The summed E-state index contributed by atoms with van der Waals surface area (Å²) in [4.78, 5) is 34.2. The first-order valence-electron chi connectivity index (χ1n) is 8.88. The molecule has 0 aliphatic heterocycles. The molecule has 29 heavy (non-hydrogen) atoms. The molecule has 0 amide bonds. The van der Waals surface area contributed by atoms with E-state index >= 15 is 0 Å². The number of benzene rings is 1. The van der Waals surface area contributed by atoms with Crippen LogP contribution in [0.25, 0.3) is 11.2 Å². The molecule has 148 valence electrons. The van der Waals surface area contributed by atoms with E-state index in [-0.39, 0.29) is 24.8 Å². The molecule has 9 heteroatoms. The lowest BCUT2D eigenvalue weighted by atomic mass is 10.2. The van der Waals surface area contributed by atoms with Crippen molar-refractivity contribution >= 4 is 22.8 Å². The molecule has 0 spiro atoms. The molecule has 0 atom stereocenters. The van der Waals surface area contributed by atoms with Gasteiger partial charge in [0.1, 0.15) is 6.61 Å². The highest BCUT2D eigenvalue weighted by Gasteiger charge is 2.19. The maximum atomic E-state index is 13.0. The Morgan fingerprint density at radius 3 is 2.48 bits per heavy atom. The molecule has 0 N–H and O–H groups in total. The molecule has 4 aromatic rings. The number of hydrogen-bond acceptors (Lipinski definition) is 5. The van der Waals surface area contributed by atoms with Crippen molar-refractivity contribution in [2.75, 3.05) is 0 Å². The standard InChI is InChI=1S/C20H18ClN5O3/c1-24-16-17(23-19(24)29-12-13-5-7-15(21)8-6-13)25(2)20(28)26(18(16)27)11-14-4-3-9-22-10-14/h3-10H,11-12H2,1-2H3. The van der Waals surface area contributed by atoms with Gasteiger partial charge in [0.05, 0.1) is 6.54 Å². The largest absolute Gasteiger partial charge is 0.460 e. The minimum Gasteiger partial charge on any atom is -0.460 e. The van der Waals surface area contributed by atoms with Gasteiger partial charge in [0.2, 0.25) is 0 Å². The molecule has 0 saturated carbocycles. The topological polar surface area (TPSA) is 83.9 Å². The highest BCUT2D eigenvalue weighted by molar-refractivity contribution is 6.30. The normalized spacial score (nSPS) is 11.1. The summed E-state index contributed by atoms with van der Waals surface area (Å²) in [6.07, 6.45) is 3.26. The van der Waals surface area contributed by atoms with Gasteiger partial charge < -0.3 is 4.74 Å². The highest BCUT2D eigenvalue weighted by atomic mass is 35.5. The third-order valence-electron chi connectivity index (χ3n) is 4.66. The zero-order valence-corrected chi connectivity index (χ0v) is 16.6. The molecule has 0 unspecified atom stereocenters. The SMILES string of the molecule is Cn1c(OCc2ccc(Cl)cc2)nc2c1c(=O)n(Cc1cccnc1)c(=O)n2C. The third kappa shape index (κ3) is 3.54. The fourth-order valence-corrected chi connectivity index (χ4v) is 3.22. The molecule has 0 bridgehead atoms. The van der Waals surface area contributed by atoms with E-state index in [2.05, 4.69) is 9.97 Å². The molecule has 3 aromatic heterocycles. The number of nitrogens with zero attached hydrogens (tertiary/aromatic N) is 5. The summed E-state index contributed by atoms with van der Waals surface area (Å²) < 4.78 is 9.87. The Balaban J connectivity index is 1.74. The monoisotopic (exact) mass is 411 g/mol. The van der Waals surface area contributed by atoms with Crippen LogP contribution in [-0.4, -0.2) is 23.7 Å². The lowest BCUT2D eigenvalue weighted by Gasteiger charge is -2.08. The van der Waals surface area contributed by atoms with Gasteiger partial charge in [0.25, 0.3) is 11.6 Å². The summed E-state index contributed by atoms with van der Waals surface area (Å²) in [5.74, 6) is 0. The number of imidazole rings is 1. The molecule has 3 heterocycles. The number of aromatic nitrogens is 5. The van der Waals surface area contributed by atoms with Gasteiger partial charge in [-0.3, -0.25) is 23.5 Å². The molecule has 0 aliphatic carbocycles. The van der Waals surface area contributed by atoms with Gasteiger partial charge in [-0.2, -0.15) is 4.98 Å². The number of halogens is 1. The second-order valence-corrected chi connectivity index (χ2v) is 7.07. The number of fused-ring (bicyclic) bond motifs is 1. The quantitative estimate of drug-likeness (QED) is 0.502. The summed E-state index contributed by atoms with van der Waals surface area (Å²) >= 11 is 5.90. The van der Waals surface area contributed by atoms with Crippen molar-refractivity contribution in [3.8, 4) is 6.01 Å². The summed E-state index contributed by atoms with van der Waals surface area (Å²) in [5.41, 5.74) is 1.35. The second-order valence-electron chi connectivity index (χ2n) is 6.63. The molecule has 1 aromatic carbocycles. The van der Waals surface area contributed by atoms with E-state index in [9.17, 15) is 9.59 Å². The Morgan fingerprint density at radius 1 is 1.03 bits per heavy atom. The summed E-state index contributed by atoms with van der Waals surface area (Å²) in [6.45, 7) is 0.383. The van der Waals surface area contributed by atoms with E-state index in [1.807, 2.05) is 18.2 Å². The van der Waals surface area contributed by atoms with E-state index in [4.69, 9.17) is 16.3 Å². The number of pyridine rings is 1. The molecular formula is C20H18ClN5O3. The Bertz CT molecular complexity index is 1290. The van der Waals surface area contributed by atoms with E-state index in [1.54, 1.807) is 49.3 Å². The lowest BCUT2D eigenvalue weighted by molar-refractivity contribution is 0.273. The van der Waals surface area contributed by atoms with Crippen LogP contribution in [0, 0.1) is 0 Å². The van der Waals surface area contributed by atoms with Gasteiger partial charge in [0, 0.05) is 31.5 Å². The summed E-state index contributed by atoms with van der Waals surface area (Å²) in [7, 11) is 3.27. The van der Waals surface area contributed by atoms with Crippen molar-refractivity contribution in [2.45, 2.75) is 13.2 Å². The Labute approximate surface area is 170 Å². The highest BCUT2D eigenvalue weighted by Crippen LogP contribution is 2.18. The van der Waals surface area contributed by atoms with Crippen molar-refractivity contribution in [1.82, 2.24) is 23.7 Å². The predicted molar refractivity (Wildman–Crippen MR) is 109 cm³/mol. The average molecular weight is 412 g/mol. The maximum Gasteiger partial charge on any atom is 0.332 e. The molecular weight excluding hydrogens is 394 g/mol. The van der Waals surface area contributed by atoms with Crippen LogP contribution in [0.15, 0.2) is 58.4 Å². The minimum atomic E-state index is -0.450. The zero-order valence-electron chi connectivity index (χ0n) is 15.9. The first-order chi connectivity index (χ1) is 14.0. The van der Waals surface area contributed by atoms with Crippen LogP contribution >= 0.6 is 11.6 Å². The zero-order chi connectivity index (χ0) is 20.5. The van der Waals surface area contributed by atoms with Crippen molar-refractivity contribution < 1.29 is 4.74 Å². The molecule has 8 nitrogen and oxygen atoms in total. The van der Waals surface area contributed by atoms with Crippen LogP contribution in [0.4, 0.5) is 0 Å². The van der Waals surface area contributed by atoms with Gasteiger partial charge in [0.15, 0.2) is 11.2 Å². The fourth-order valence-electron chi connectivity index (χ4n) is 3.09. The Hall–Kier alpha value is -3.39. The Morgan fingerprint density at radius 2 is 1.79 bits per heavy atom. The Kier molecular flexibility index (Phi) is 4.94. The average Bonchev–Trinajstić information content (AvgIpc) is 3.06. The van der Waals surface area contributed by atoms with Crippen LogP contribution in [0.3, 0.4) is 0 Å². The molecule has 0 saturated heterocycles. The van der Waals surface area contributed by atoms with Gasteiger partial charge in [-0.25, -0.2) is 4.79 Å². The van der Waals surface area contributed by atoms with Crippen molar-refractivity contribution in [3.63, 3.8) is 0 Å². The van der Waals surface area contributed by atoms with Crippen molar-refractivity contribution in [3.05, 3.63) is 85.8 Å². The molecule has 4 rings (SSSR count). The molecule has 0 radical (unpaired) electrons. The van der Waals surface area contributed by atoms with Crippen molar-refractivity contribution in [1.29, 1.82) is 0 Å². The van der Waals surface area contributed by atoms with Gasteiger partial charge in [-0.05, 0) is 29.3 Å². The summed E-state index contributed by atoms with van der Waals surface area (Å²) in [6, 6.07) is 11.1.